The van der Waals surface area contributed by atoms with E-state index in [0.717, 1.165) is 8.47 Å². The lowest BCUT2D eigenvalue weighted by atomic mass is 10.6. The third kappa shape index (κ3) is 5.01. The van der Waals surface area contributed by atoms with Crippen molar-refractivity contribution in [2.75, 3.05) is 11.5 Å². The van der Waals surface area contributed by atoms with Gasteiger partial charge in [0, 0.05) is 0 Å². The molecular formula is C12H16S8. The normalized spacial score (nSPS) is 19.8. The molecule has 0 saturated heterocycles. The van der Waals surface area contributed by atoms with Gasteiger partial charge in [-0.2, -0.15) is 0 Å². The first-order chi connectivity index (χ1) is 9.65. The van der Waals surface area contributed by atoms with Gasteiger partial charge in [-0.3, -0.25) is 0 Å². The molecule has 2 aliphatic heterocycles. The Bertz CT molecular complexity index is 424. The summed E-state index contributed by atoms with van der Waals surface area (Å²) in [6, 6.07) is 0. The summed E-state index contributed by atoms with van der Waals surface area (Å²) in [7, 11) is 0. The summed E-state index contributed by atoms with van der Waals surface area (Å²) >= 11 is 20.3. The van der Waals surface area contributed by atoms with Crippen LogP contribution in [-0.2, 0) is 0 Å². The van der Waals surface area contributed by atoms with Crippen LogP contribution in [0.2, 0.25) is 0 Å². The van der Waals surface area contributed by atoms with Gasteiger partial charge in [-0.15, -0.1) is 48.8 Å². The van der Waals surface area contributed by atoms with E-state index in [0.29, 0.717) is 0 Å². The van der Waals surface area contributed by atoms with Crippen LogP contribution in [-0.4, -0.2) is 11.5 Å². The Morgan fingerprint density at radius 1 is 0.750 bits per heavy atom. The van der Waals surface area contributed by atoms with E-state index in [9.17, 15) is 0 Å². The SMILES string of the molecule is CCCSC1=C(SCCC)SC(=C2SC(S)=C(S)S2)S1. The van der Waals surface area contributed by atoms with Crippen LogP contribution in [0, 0.1) is 0 Å². The third-order valence-corrected chi connectivity index (χ3v) is 12.3. The molecule has 0 nitrogen and oxygen atoms in total. The van der Waals surface area contributed by atoms with E-state index >= 15 is 0 Å². The van der Waals surface area contributed by atoms with Gasteiger partial charge < -0.3 is 0 Å². The van der Waals surface area contributed by atoms with Gasteiger partial charge in [0.15, 0.2) is 0 Å². The molecule has 0 N–H and O–H groups in total. The molecule has 0 atom stereocenters. The van der Waals surface area contributed by atoms with Crippen molar-refractivity contribution in [2.45, 2.75) is 26.7 Å². The number of thioether (sulfide) groups is 6. The Morgan fingerprint density at radius 3 is 1.55 bits per heavy atom. The third-order valence-electron chi connectivity index (χ3n) is 2.14. The predicted molar refractivity (Wildman–Crippen MR) is 115 cm³/mol. The van der Waals surface area contributed by atoms with Gasteiger partial charge in [-0.25, -0.2) is 0 Å². The van der Waals surface area contributed by atoms with Crippen molar-refractivity contribution in [3.8, 4) is 0 Å². The minimum Gasteiger partial charge on any atom is -0.135 e. The molecule has 8 heteroatoms. The molecular weight excluding hydrogens is 401 g/mol. The van der Waals surface area contributed by atoms with Gasteiger partial charge in [0.25, 0.3) is 0 Å². The molecule has 2 rings (SSSR count). The van der Waals surface area contributed by atoms with Crippen molar-refractivity contribution in [3.63, 3.8) is 0 Å². The molecule has 20 heavy (non-hydrogen) atoms. The van der Waals surface area contributed by atoms with Crippen molar-refractivity contribution in [2.24, 2.45) is 0 Å². The minimum atomic E-state index is 1.03. The predicted octanol–water partition coefficient (Wildman–Crippen LogP) is 7.47. The van der Waals surface area contributed by atoms with Crippen molar-refractivity contribution >= 4 is 95.8 Å². The second-order valence-corrected chi connectivity index (χ2v) is 12.7. The highest BCUT2D eigenvalue weighted by atomic mass is 32.3. The first-order valence-corrected chi connectivity index (χ1v) is 12.4. The maximum absolute atomic E-state index is 4.47. The van der Waals surface area contributed by atoms with Crippen molar-refractivity contribution < 1.29 is 0 Å². The summed E-state index contributed by atoms with van der Waals surface area (Å²) in [5.41, 5.74) is 0. The minimum absolute atomic E-state index is 1.03. The van der Waals surface area contributed by atoms with E-state index in [1.54, 1.807) is 23.5 Å². The van der Waals surface area contributed by atoms with Crippen molar-refractivity contribution in [1.29, 1.82) is 0 Å². The Morgan fingerprint density at radius 2 is 1.15 bits per heavy atom. The van der Waals surface area contributed by atoms with Crippen LogP contribution in [0.15, 0.2) is 25.4 Å². The zero-order chi connectivity index (χ0) is 14.5. The molecule has 0 aromatic heterocycles. The quantitative estimate of drug-likeness (QED) is 0.428. The summed E-state index contributed by atoms with van der Waals surface area (Å²) in [6.07, 6.45) is 2.45. The average Bonchev–Trinajstić information content (AvgIpc) is 2.98. The van der Waals surface area contributed by atoms with Crippen LogP contribution in [0.1, 0.15) is 26.7 Å². The number of rotatable bonds is 6. The van der Waals surface area contributed by atoms with Gasteiger partial charge in [0.1, 0.15) is 0 Å². The molecule has 0 spiro atoms. The van der Waals surface area contributed by atoms with Gasteiger partial charge in [-0.05, 0) is 24.3 Å². The molecule has 0 fully saturated rings. The summed E-state index contributed by atoms with van der Waals surface area (Å²) in [4.78, 5) is 0. The highest BCUT2D eigenvalue weighted by molar-refractivity contribution is 8.43. The number of thiol groups is 2. The Balaban J connectivity index is 2.06. The number of hydrogen-bond donors (Lipinski definition) is 2. The maximum Gasteiger partial charge on any atom is 0.0717 e. The van der Waals surface area contributed by atoms with Crippen LogP contribution in [0.25, 0.3) is 0 Å². The van der Waals surface area contributed by atoms with Gasteiger partial charge in [0.05, 0.1) is 25.4 Å². The molecule has 112 valence electrons. The van der Waals surface area contributed by atoms with Crippen LogP contribution in [0.4, 0.5) is 0 Å². The summed E-state index contributed by atoms with van der Waals surface area (Å²) in [5, 5.41) is 0. The van der Waals surface area contributed by atoms with E-state index in [1.807, 2.05) is 47.0 Å². The maximum atomic E-state index is 4.47. The number of hydrogen-bond acceptors (Lipinski definition) is 8. The topological polar surface area (TPSA) is 0 Å². The second kappa shape index (κ2) is 9.35. The Labute approximate surface area is 158 Å². The van der Waals surface area contributed by atoms with Crippen LogP contribution in [0.5, 0.6) is 0 Å². The fourth-order valence-corrected chi connectivity index (χ4v) is 10.4. The summed E-state index contributed by atoms with van der Waals surface area (Å²) < 4.78 is 7.79. The largest absolute Gasteiger partial charge is 0.135 e. The van der Waals surface area contributed by atoms with Gasteiger partial charge >= 0.3 is 0 Å². The molecule has 0 aromatic carbocycles. The van der Waals surface area contributed by atoms with Gasteiger partial charge in [-0.1, -0.05) is 60.9 Å². The summed E-state index contributed by atoms with van der Waals surface area (Å²) in [6.45, 7) is 4.48. The van der Waals surface area contributed by atoms with Crippen LogP contribution in [0.3, 0.4) is 0 Å². The van der Waals surface area contributed by atoms with Crippen molar-refractivity contribution in [1.82, 2.24) is 0 Å². The molecule has 2 heterocycles. The van der Waals surface area contributed by atoms with Crippen LogP contribution < -0.4 is 0 Å². The first-order valence-electron chi connectivity index (χ1n) is 6.23. The lowest BCUT2D eigenvalue weighted by Gasteiger charge is -2.02. The lowest BCUT2D eigenvalue weighted by molar-refractivity contribution is 1.11. The Kier molecular flexibility index (Phi) is 8.58. The molecule has 0 bridgehead atoms. The van der Waals surface area contributed by atoms with E-state index in [-0.39, 0.29) is 0 Å². The van der Waals surface area contributed by atoms with Crippen molar-refractivity contribution in [3.05, 3.63) is 25.4 Å². The molecule has 0 unspecified atom stereocenters. The molecule has 0 saturated carbocycles. The molecule has 0 aromatic rings. The lowest BCUT2D eigenvalue weighted by Crippen LogP contribution is -1.77. The Hall–Kier alpha value is 2.02. The fraction of sp³-hybridized carbons (Fsp3) is 0.500. The van der Waals surface area contributed by atoms with E-state index in [4.69, 9.17) is 0 Å². The first kappa shape index (κ1) is 18.4. The molecule has 0 aliphatic carbocycles. The monoisotopic (exact) mass is 416 g/mol. The molecule has 2 aliphatic rings. The van der Waals surface area contributed by atoms with E-state index in [2.05, 4.69) is 39.1 Å². The zero-order valence-electron chi connectivity index (χ0n) is 11.2. The summed E-state index contributed by atoms with van der Waals surface area (Å²) in [5.74, 6) is 2.41. The second-order valence-electron chi connectivity index (χ2n) is 3.87. The van der Waals surface area contributed by atoms with Gasteiger partial charge in [0.2, 0.25) is 0 Å². The fourth-order valence-electron chi connectivity index (χ4n) is 1.29. The zero-order valence-corrected chi connectivity index (χ0v) is 17.9. The highest BCUT2D eigenvalue weighted by Gasteiger charge is 2.28. The van der Waals surface area contributed by atoms with Crippen LogP contribution >= 0.6 is 95.8 Å². The van der Waals surface area contributed by atoms with E-state index in [1.165, 1.54) is 41.3 Å². The average molecular weight is 417 g/mol. The molecule has 0 radical (unpaired) electrons. The molecule has 0 amide bonds. The van der Waals surface area contributed by atoms with E-state index < -0.39 is 0 Å². The smallest absolute Gasteiger partial charge is 0.0717 e. The highest BCUT2D eigenvalue weighted by Crippen LogP contribution is 2.64. The standard InChI is InChI=1S/C12H16S8/c1-3-5-15-9-10(16-6-4-2)20-12(19-9)11-17-7(13)8(14)18-11/h13-14H,3-6H2,1-2H3.